The van der Waals surface area contributed by atoms with Crippen LogP contribution in [0.2, 0.25) is 0 Å². The zero-order valence-corrected chi connectivity index (χ0v) is 12.8. The molecule has 3 nitrogen and oxygen atoms in total. The number of thiocarbonyl (C=S) groups is 1. The summed E-state index contributed by atoms with van der Waals surface area (Å²) in [6.45, 7) is 8.11. The van der Waals surface area contributed by atoms with Crippen LogP contribution in [0.4, 0.5) is 5.69 Å². The minimum atomic E-state index is -0.408. The smallest absolute Gasteiger partial charge is 0.234 e. The number of anilines is 1. The summed E-state index contributed by atoms with van der Waals surface area (Å²) in [6, 6.07) is 6.03. The van der Waals surface area contributed by atoms with Crippen LogP contribution in [0.3, 0.4) is 0 Å². The largest absolute Gasteiger partial charge is 0.393 e. The van der Waals surface area contributed by atoms with Crippen LogP contribution in [0.15, 0.2) is 18.2 Å². The van der Waals surface area contributed by atoms with E-state index >= 15 is 0 Å². The fraction of sp³-hybridized carbons (Fsp3) is 0.467. The number of hydrogen-bond donors (Lipinski definition) is 2. The van der Waals surface area contributed by atoms with Crippen molar-refractivity contribution >= 4 is 28.8 Å². The first-order valence-electron chi connectivity index (χ1n) is 6.58. The lowest BCUT2D eigenvalue weighted by Crippen LogP contribution is -2.33. The van der Waals surface area contributed by atoms with E-state index in [0.29, 0.717) is 12.3 Å². The summed E-state index contributed by atoms with van der Waals surface area (Å²) < 4.78 is 0. The Morgan fingerprint density at radius 2 is 2.05 bits per heavy atom. The first-order chi connectivity index (χ1) is 8.88. The Morgan fingerprint density at radius 3 is 2.53 bits per heavy atom. The van der Waals surface area contributed by atoms with Gasteiger partial charge in [0.25, 0.3) is 0 Å². The predicted octanol–water partition coefficient (Wildman–Crippen LogP) is 3.37. The SMILES string of the molecule is CCC(C(=O)Nc1c(C)cccc1C(C)C)C(N)=S. The van der Waals surface area contributed by atoms with Crippen molar-refractivity contribution in [3.8, 4) is 0 Å². The van der Waals surface area contributed by atoms with E-state index in [-0.39, 0.29) is 10.9 Å². The highest BCUT2D eigenvalue weighted by atomic mass is 32.1. The molecule has 0 radical (unpaired) electrons. The summed E-state index contributed by atoms with van der Waals surface area (Å²) >= 11 is 4.94. The van der Waals surface area contributed by atoms with E-state index in [1.54, 1.807) is 0 Å². The van der Waals surface area contributed by atoms with E-state index in [0.717, 1.165) is 16.8 Å². The third kappa shape index (κ3) is 3.77. The highest BCUT2D eigenvalue weighted by molar-refractivity contribution is 7.80. The van der Waals surface area contributed by atoms with Gasteiger partial charge in [0, 0.05) is 5.69 Å². The Balaban J connectivity index is 3.05. The molecule has 0 heterocycles. The second-order valence-electron chi connectivity index (χ2n) is 5.05. The lowest BCUT2D eigenvalue weighted by Gasteiger charge is -2.19. The molecule has 1 amide bonds. The van der Waals surface area contributed by atoms with Gasteiger partial charge in [-0.15, -0.1) is 0 Å². The Hall–Kier alpha value is -1.42. The van der Waals surface area contributed by atoms with Crippen LogP contribution in [-0.4, -0.2) is 10.9 Å². The summed E-state index contributed by atoms with van der Waals surface area (Å²) in [4.78, 5) is 12.5. The zero-order chi connectivity index (χ0) is 14.6. The number of para-hydroxylation sites is 1. The van der Waals surface area contributed by atoms with Gasteiger partial charge in [0.05, 0.1) is 10.9 Å². The Morgan fingerprint density at radius 1 is 1.42 bits per heavy atom. The van der Waals surface area contributed by atoms with Gasteiger partial charge < -0.3 is 11.1 Å². The van der Waals surface area contributed by atoms with E-state index in [9.17, 15) is 4.79 Å². The molecule has 0 aliphatic rings. The molecule has 0 aliphatic carbocycles. The molecular formula is C15H22N2OS. The molecule has 0 spiro atoms. The molecule has 4 heteroatoms. The van der Waals surface area contributed by atoms with Crippen LogP contribution < -0.4 is 11.1 Å². The summed E-state index contributed by atoms with van der Waals surface area (Å²) in [5.41, 5.74) is 8.68. The number of benzene rings is 1. The number of carbonyl (C=O) groups excluding carboxylic acids is 1. The maximum absolute atomic E-state index is 12.2. The minimum Gasteiger partial charge on any atom is -0.393 e. The molecule has 3 N–H and O–H groups in total. The third-order valence-corrected chi connectivity index (χ3v) is 3.53. The summed E-state index contributed by atoms with van der Waals surface area (Å²) in [5.74, 6) is -0.180. The number of aryl methyl sites for hydroxylation is 1. The van der Waals surface area contributed by atoms with Gasteiger partial charge >= 0.3 is 0 Å². The number of carbonyl (C=O) groups is 1. The molecule has 1 aromatic carbocycles. The molecule has 0 saturated carbocycles. The van der Waals surface area contributed by atoms with Crippen molar-refractivity contribution < 1.29 is 4.79 Å². The summed E-state index contributed by atoms with van der Waals surface area (Å²) in [5, 5.41) is 2.99. The van der Waals surface area contributed by atoms with Crippen molar-refractivity contribution in [1.82, 2.24) is 0 Å². The Kier molecular flexibility index (Phi) is 5.48. The van der Waals surface area contributed by atoms with Crippen LogP contribution >= 0.6 is 12.2 Å². The van der Waals surface area contributed by atoms with E-state index in [2.05, 4.69) is 19.2 Å². The molecule has 0 aromatic heterocycles. The molecule has 0 aliphatic heterocycles. The second-order valence-corrected chi connectivity index (χ2v) is 5.52. The average molecular weight is 278 g/mol. The molecule has 0 saturated heterocycles. The number of rotatable bonds is 5. The first kappa shape index (κ1) is 15.6. The standard InChI is InChI=1S/C15H22N2OS/c1-5-11(14(16)19)15(18)17-13-10(4)7-6-8-12(13)9(2)3/h6-9,11H,5H2,1-4H3,(H2,16,19)(H,17,18). The van der Waals surface area contributed by atoms with E-state index in [4.69, 9.17) is 18.0 Å². The lowest BCUT2D eigenvalue weighted by molar-refractivity contribution is -0.118. The summed E-state index contributed by atoms with van der Waals surface area (Å²) in [7, 11) is 0. The van der Waals surface area contributed by atoms with Crippen LogP contribution in [0.1, 0.15) is 44.2 Å². The number of nitrogens with one attached hydrogen (secondary N) is 1. The van der Waals surface area contributed by atoms with Crippen molar-refractivity contribution in [1.29, 1.82) is 0 Å². The lowest BCUT2D eigenvalue weighted by atomic mass is 9.97. The topological polar surface area (TPSA) is 55.1 Å². The summed E-state index contributed by atoms with van der Waals surface area (Å²) in [6.07, 6.45) is 0.615. The van der Waals surface area contributed by atoms with Crippen molar-refractivity contribution in [2.45, 2.75) is 40.0 Å². The van der Waals surface area contributed by atoms with Gasteiger partial charge in [0.15, 0.2) is 0 Å². The highest BCUT2D eigenvalue weighted by Crippen LogP contribution is 2.28. The van der Waals surface area contributed by atoms with Crippen molar-refractivity contribution in [2.75, 3.05) is 5.32 Å². The van der Waals surface area contributed by atoms with Crippen LogP contribution in [0.25, 0.3) is 0 Å². The van der Waals surface area contributed by atoms with Gasteiger partial charge in [-0.1, -0.05) is 51.2 Å². The highest BCUT2D eigenvalue weighted by Gasteiger charge is 2.21. The fourth-order valence-electron chi connectivity index (χ4n) is 2.07. The Labute approximate surface area is 120 Å². The molecule has 19 heavy (non-hydrogen) atoms. The first-order valence-corrected chi connectivity index (χ1v) is 6.99. The quantitative estimate of drug-likeness (QED) is 0.812. The molecule has 1 unspecified atom stereocenters. The van der Waals surface area contributed by atoms with Gasteiger partial charge in [-0.25, -0.2) is 0 Å². The van der Waals surface area contributed by atoms with Crippen LogP contribution in [-0.2, 0) is 4.79 Å². The van der Waals surface area contributed by atoms with Crippen LogP contribution in [0.5, 0.6) is 0 Å². The Bertz CT molecular complexity index is 483. The maximum Gasteiger partial charge on any atom is 0.234 e. The van der Waals surface area contributed by atoms with Gasteiger partial charge in [-0.3, -0.25) is 4.79 Å². The van der Waals surface area contributed by atoms with Crippen LogP contribution in [0, 0.1) is 12.8 Å². The molecule has 1 atom stereocenters. The van der Waals surface area contributed by atoms with E-state index in [1.807, 2.05) is 32.0 Å². The van der Waals surface area contributed by atoms with E-state index < -0.39 is 5.92 Å². The number of hydrogen-bond acceptors (Lipinski definition) is 2. The van der Waals surface area contributed by atoms with Gasteiger partial charge in [0.1, 0.15) is 0 Å². The molecule has 104 valence electrons. The monoisotopic (exact) mass is 278 g/mol. The molecule has 0 bridgehead atoms. The minimum absolute atomic E-state index is 0.119. The van der Waals surface area contributed by atoms with Crippen molar-refractivity contribution in [3.63, 3.8) is 0 Å². The molecule has 1 aromatic rings. The predicted molar refractivity (Wildman–Crippen MR) is 84.5 cm³/mol. The number of nitrogens with two attached hydrogens (primary N) is 1. The van der Waals surface area contributed by atoms with Gasteiger partial charge in [-0.05, 0) is 30.4 Å². The van der Waals surface area contributed by atoms with Gasteiger partial charge in [0.2, 0.25) is 5.91 Å². The normalized spacial score (nSPS) is 12.3. The average Bonchev–Trinajstić information content (AvgIpc) is 2.31. The van der Waals surface area contributed by atoms with Crippen molar-refractivity contribution in [3.05, 3.63) is 29.3 Å². The van der Waals surface area contributed by atoms with Crippen molar-refractivity contribution in [2.24, 2.45) is 11.7 Å². The number of amides is 1. The third-order valence-electron chi connectivity index (χ3n) is 3.24. The maximum atomic E-state index is 12.2. The fourth-order valence-corrected chi connectivity index (χ4v) is 2.34. The zero-order valence-electron chi connectivity index (χ0n) is 12.0. The molecule has 0 fully saturated rings. The molecular weight excluding hydrogens is 256 g/mol. The van der Waals surface area contributed by atoms with E-state index in [1.165, 1.54) is 0 Å². The second kappa shape index (κ2) is 6.66. The molecule has 1 rings (SSSR count). The van der Waals surface area contributed by atoms with Gasteiger partial charge in [-0.2, -0.15) is 0 Å².